The summed E-state index contributed by atoms with van der Waals surface area (Å²) < 4.78 is 29.9. The highest BCUT2D eigenvalue weighted by Crippen LogP contribution is 2.29. The maximum absolute atomic E-state index is 12.9. The van der Waals surface area contributed by atoms with Crippen LogP contribution < -0.4 is 19.5 Å². The van der Waals surface area contributed by atoms with Crippen LogP contribution in [-0.4, -0.2) is 25.7 Å². The van der Waals surface area contributed by atoms with E-state index in [1.807, 2.05) is 13.0 Å². The highest BCUT2D eigenvalue weighted by atomic mass is 19.1. The van der Waals surface area contributed by atoms with Crippen LogP contribution in [0.25, 0.3) is 6.08 Å². The van der Waals surface area contributed by atoms with Crippen molar-refractivity contribution in [2.75, 3.05) is 25.1 Å². The minimum absolute atomic E-state index is 0.275. The predicted octanol–water partition coefficient (Wildman–Crippen LogP) is 5.21. The first-order chi connectivity index (χ1) is 16.1. The Morgan fingerprint density at radius 1 is 1.00 bits per heavy atom. The van der Waals surface area contributed by atoms with Crippen molar-refractivity contribution in [3.63, 3.8) is 0 Å². The van der Waals surface area contributed by atoms with E-state index in [-0.39, 0.29) is 24.9 Å². The van der Waals surface area contributed by atoms with Crippen LogP contribution in [0.1, 0.15) is 18.1 Å². The summed E-state index contributed by atoms with van der Waals surface area (Å²) in [6, 6.07) is 19.8. The Kier molecular flexibility index (Phi) is 8.43. The second-order valence-corrected chi connectivity index (χ2v) is 6.81. The van der Waals surface area contributed by atoms with Gasteiger partial charge < -0.3 is 19.5 Å². The largest absolute Gasteiger partial charge is 0.490 e. The number of hydrogen-bond donors (Lipinski definition) is 1. The summed E-state index contributed by atoms with van der Waals surface area (Å²) in [7, 11) is 0. The van der Waals surface area contributed by atoms with Gasteiger partial charge in [0.05, 0.1) is 18.2 Å². The number of benzene rings is 3. The van der Waals surface area contributed by atoms with Crippen LogP contribution in [-0.2, 0) is 4.79 Å². The van der Waals surface area contributed by atoms with Crippen molar-refractivity contribution in [3.8, 4) is 23.3 Å². The van der Waals surface area contributed by atoms with E-state index in [2.05, 4.69) is 5.32 Å². The molecule has 3 aromatic rings. The molecular formula is C26H23FN2O4. The Hall–Kier alpha value is -4.31. The van der Waals surface area contributed by atoms with Crippen molar-refractivity contribution >= 4 is 17.7 Å². The molecule has 3 aromatic carbocycles. The predicted molar refractivity (Wildman–Crippen MR) is 124 cm³/mol. The third kappa shape index (κ3) is 7.40. The zero-order valence-electron chi connectivity index (χ0n) is 18.1. The summed E-state index contributed by atoms with van der Waals surface area (Å²) in [5, 5.41) is 11.7. The lowest BCUT2D eigenvalue weighted by atomic mass is 10.2. The van der Waals surface area contributed by atoms with Crippen LogP contribution in [0.4, 0.5) is 10.1 Å². The minimum atomic E-state index is -0.320. The number of anilines is 1. The Labute approximate surface area is 191 Å². The maximum Gasteiger partial charge on any atom is 0.248 e. The molecule has 0 bridgehead atoms. The first kappa shape index (κ1) is 23.4. The number of nitriles is 1. The molecule has 0 fully saturated rings. The van der Waals surface area contributed by atoms with Gasteiger partial charge in [-0.05, 0) is 73.2 Å². The summed E-state index contributed by atoms with van der Waals surface area (Å²) in [6.45, 7) is 2.88. The third-order valence-electron chi connectivity index (χ3n) is 4.38. The van der Waals surface area contributed by atoms with Crippen LogP contribution in [0.2, 0.25) is 0 Å². The molecule has 168 valence electrons. The topological polar surface area (TPSA) is 80.6 Å². The quantitative estimate of drug-likeness (QED) is 0.342. The van der Waals surface area contributed by atoms with Gasteiger partial charge in [-0.25, -0.2) is 4.39 Å². The molecule has 0 heterocycles. The molecule has 0 aliphatic carbocycles. The number of nitrogens with one attached hydrogen (secondary N) is 1. The molecule has 0 atom stereocenters. The van der Waals surface area contributed by atoms with Crippen molar-refractivity contribution in [3.05, 3.63) is 89.8 Å². The Bertz CT molecular complexity index is 1150. The minimum Gasteiger partial charge on any atom is -0.490 e. The van der Waals surface area contributed by atoms with Gasteiger partial charge in [0.15, 0.2) is 11.5 Å². The van der Waals surface area contributed by atoms with E-state index in [9.17, 15) is 9.18 Å². The lowest BCUT2D eigenvalue weighted by Crippen LogP contribution is -2.10. The molecule has 3 rings (SSSR count). The van der Waals surface area contributed by atoms with Gasteiger partial charge in [-0.15, -0.1) is 0 Å². The van der Waals surface area contributed by atoms with Gasteiger partial charge in [0, 0.05) is 11.8 Å². The third-order valence-corrected chi connectivity index (χ3v) is 4.38. The number of rotatable bonds is 10. The fraction of sp³-hybridized carbons (Fsp3) is 0.154. The van der Waals surface area contributed by atoms with Crippen molar-refractivity contribution in [1.82, 2.24) is 0 Å². The molecule has 6 nitrogen and oxygen atoms in total. The van der Waals surface area contributed by atoms with E-state index in [0.29, 0.717) is 35.1 Å². The van der Waals surface area contributed by atoms with E-state index in [1.165, 1.54) is 18.2 Å². The van der Waals surface area contributed by atoms with Crippen LogP contribution in [0.5, 0.6) is 17.2 Å². The average Bonchev–Trinajstić information content (AvgIpc) is 2.83. The molecule has 0 saturated heterocycles. The first-order valence-electron chi connectivity index (χ1n) is 10.3. The first-order valence-corrected chi connectivity index (χ1v) is 10.3. The van der Waals surface area contributed by atoms with E-state index in [1.54, 1.807) is 60.7 Å². The van der Waals surface area contributed by atoms with Crippen molar-refractivity contribution in [2.45, 2.75) is 6.92 Å². The highest BCUT2D eigenvalue weighted by Gasteiger charge is 2.07. The standard InChI is InChI=1S/C26H23FN2O4/c1-2-31-25-17-19(7-13-26(30)29-22-5-3-4-20(16-22)18-28)6-12-24(25)33-15-14-32-23-10-8-21(27)9-11-23/h3-13,16-17H,2,14-15H2,1H3,(H,29,30)/b13-7+. The Balaban J connectivity index is 1.57. The molecule has 0 radical (unpaired) electrons. The molecule has 0 aromatic heterocycles. The maximum atomic E-state index is 12.9. The normalized spacial score (nSPS) is 10.5. The molecule has 0 saturated carbocycles. The van der Waals surface area contributed by atoms with Crippen molar-refractivity contribution in [2.24, 2.45) is 0 Å². The second-order valence-electron chi connectivity index (χ2n) is 6.81. The van der Waals surface area contributed by atoms with Gasteiger partial charge in [-0.2, -0.15) is 5.26 Å². The van der Waals surface area contributed by atoms with Crippen LogP contribution in [0, 0.1) is 17.1 Å². The molecule has 0 aliphatic heterocycles. The number of ether oxygens (including phenoxy) is 3. The molecule has 0 spiro atoms. The fourth-order valence-corrected chi connectivity index (χ4v) is 2.88. The van der Waals surface area contributed by atoms with Crippen molar-refractivity contribution in [1.29, 1.82) is 5.26 Å². The lowest BCUT2D eigenvalue weighted by molar-refractivity contribution is -0.111. The van der Waals surface area contributed by atoms with E-state index in [4.69, 9.17) is 19.5 Å². The number of carbonyl (C=O) groups is 1. The SMILES string of the molecule is CCOc1cc(/C=C/C(=O)Nc2cccc(C#N)c2)ccc1OCCOc1ccc(F)cc1. The molecule has 7 heteroatoms. The monoisotopic (exact) mass is 446 g/mol. The summed E-state index contributed by atoms with van der Waals surface area (Å²) in [5.41, 5.74) is 1.77. The van der Waals surface area contributed by atoms with E-state index >= 15 is 0 Å². The van der Waals surface area contributed by atoms with Gasteiger partial charge in [0.1, 0.15) is 24.8 Å². The second kappa shape index (κ2) is 11.9. The zero-order valence-corrected chi connectivity index (χ0v) is 18.1. The molecule has 1 amide bonds. The van der Waals surface area contributed by atoms with Gasteiger partial charge >= 0.3 is 0 Å². The van der Waals surface area contributed by atoms with Gasteiger partial charge in [-0.1, -0.05) is 12.1 Å². The zero-order chi connectivity index (χ0) is 23.5. The number of nitrogens with zero attached hydrogens (tertiary/aromatic N) is 1. The average molecular weight is 446 g/mol. The summed E-state index contributed by atoms with van der Waals surface area (Å²) in [6.07, 6.45) is 3.06. The number of hydrogen-bond acceptors (Lipinski definition) is 5. The number of amides is 1. The van der Waals surface area contributed by atoms with Crippen LogP contribution in [0.15, 0.2) is 72.8 Å². The molecule has 0 unspecified atom stereocenters. The summed E-state index contributed by atoms with van der Waals surface area (Å²) in [4.78, 5) is 12.2. The Morgan fingerprint density at radius 2 is 1.79 bits per heavy atom. The smallest absolute Gasteiger partial charge is 0.248 e. The van der Waals surface area contributed by atoms with Crippen LogP contribution in [0.3, 0.4) is 0 Å². The molecular weight excluding hydrogens is 423 g/mol. The Morgan fingerprint density at radius 3 is 2.55 bits per heavy atom. The molecule has 33 heavy (non-hydrogen) atoms. The van der Waals surface area contributed by atoms with E-state index < -0.39 is 0 Å². The summed E-state index contributed by atoms with van der Waals surface area (Å²) in [5.74, 6) is 1.02. The van der Waals surface area contributed by atoms with Crippen LogP contribution >= 0.6 is 0 Å². The lowest BCUT2D eigenvalue weighted by Gasteiger charge is -2.13. The fourth-order valence-electron chi connectivity index (χ4n) is 2.88. The summed E-state index contributed by atoms with van der Waals surface area (Å²) >= 11 is 0. The van der Waals surface area contributed by atoms with Gasteiger partial charge in [0.25, 0.3) is 0 Å². The molecule has 1 N–H and O–H groups in total. The number of halogens is 1. The van der Waals surface area contributed by atoms with E-state index in [0.717, 1.165) is 5.56 Å². The van der Waals surface area contributed by atoms with Crippen molar-refractivity contribution < 1.29 is 23.4 Å². The highest BCUT2D eigenvalue weighted by molar-refractivity contribution is 6.02. The van der Waals surface area contributed by atoms with Gasteiger partial charge in [-0.3, -0.25) is 4.79 Å². The number of carbonyl (C=O) groups excluding carboxylic acids is 1. The molecule has 0 aliphatic rings. The van der Waals surface area contributed by atoms with Gasteiger partial charge in [0.2, 0.25) is 5.91 Å².